The first-order valence-electron chi connectivity index (χ1n) is 9.73. The smallest absolute Gasteiger partial charge is 0.270 e. The molecule has 28 heavy (non-hydrogen) atoms. The minimum atomic E-state index is -0.0218. The predicted octanol–water partition coefficient (Wildman–Crippen LogP) is 4.58. The van der Waals surface area contributed by atoms with Crippen LogP contribution in [-0.4, -0.2) is 52.7 Å². The van der Waals surface area contributed by atoms with Gasteiger partial charge in [0, 0.05) is 30.9 Å². The molecule has 4 rings (SSSR count). The number of Topliss-reactive ketones (excluding diaryl/α,β-unsaturated/α-hetero) is 1. The minimum Gasteiger partial charge on any atom is -0.356 e. The Labute approximate surface area is 174 Å². The monoisotopic (exact) mass is 419 g/mol. The molecule has 5 nitrogen and oxygen atoms in total. The number of aromatic nitrogens is 1. The summed E-state index contributed by atoms with van der Waals surface area (Å²) in [5.41, 5.74) is 2.13. The number of benzene rings is 1. The number of likely N-dealkylation sites (tertiary alicyclic amines) is 2. The Hall–Kier alpha value is -1.82. The first kappa shape index (κ1) is 19.5. The maximum Gasteiger partial charge on any atom is 0.270 e. The van der Waals surface area contributed by atoms with Crippen LogP contribution in [0.5, 0.6) is 0 Å². The third-order valence-corrected chi connectivity index (χ3v) is 6.41. The molecular weight excluding hydrogens is 397 g/mol. The summed E-state index contributed by atoms with van der Waals surface area (Å²) in [4.78, 5) is 32.3. The van der Waals surface area contributed by atoms with Crippen molar-refractivity contribution in [2.45, 2.75) is 31.7 Å². The van der Waals surface area contributed by atoms with Crippen molar-refractivity contribution in [3.8, 4) is 0 Å². The lowest BCUT2D eigenvalue weighted by Crippen LogP contribution is -2.29. The second-order valence-corrected chi connectivity index (χ2v) is 8.34. The Morgan fingerprint density at radius 3 is 2.57 bits per heavy atom. The molecular formula is C21H23Cl2N3O2. The highest BCUT2D eigenvalue weighted by molar-refractivity contribution is 6.42. The molecule has 148 valence electrons. The van der Waals surface area contributed by atoms with E-state index in [2.05, 4.69) is 9.88 Å². The normalized spacial score (nSPS) is 20.1. The van der Waals surface area contributed by atoms with Gasteiger partial charge in [-0.1, -0.05) is 29.3 Å². The van der Waals surface area contributed by atoms with Crippen molar-refractivity contribution in [2.75, 3.05) is 26.2 Å². The molecule has 3 heterocycles. The fourth-order valence-corrected chi connectivity index (χ4v) is 4.46. The number of H-pyrrole nitrogens is 1. The zero-order chi connectivity index (χ0) is 19.7. The van der Waals surface area contributed by atoms with Crippen molar-refractivity contribution < 1.29 is 9.59 Å². The number of carbonyl (C=O) groups excluding carboxylic acids is 2. The number of ketones is 1. The highest BCUT2D eigenvalue weighted by atomic mass is 35.5. The Morgan fingerprint density at radius 1 is 1.04 bits per heavy atom. The fourth-order valence-electron chi connectivity index (χ4n) is 4.16. The molecule has 1 atom stereocenters. The highest BCUT2D eigenvalue weighted by Gasteiger charge is 2.29. The van der Waals surface area contributed by atoms with Crippen LogP contribution in [0, 0.1) is 0 Å². The standard InChI is InChI=1S/C21H23Cl2N3O2/c22-16-6-5-14(10-17(16)23)19-4-3-9-26(19)13-20(27)15-11-18(24-12-15)21(28)25-7-1-2-8-25/h5-6,10-12,19,24H,1-4,7-9,13H2. The van der Waals surface area contributed by atoms with Gasteiger partial charge in [0.2, 0.25) is 0 Å². The average molecular weight is 420 g/mol. The summed E-state index contributed by atoms with van der Waals surface area (Å²) in [6.45, 7) is 2.77. The predicted molar refractivity (Wildman–Crippen MR) is 110 cm³/mol. The van der Waals surface area contributed by atoms with Gasteiger partial charge < -0.3 is 9.88 Å². The quantitative estimate of drug-likeness (QED) is 0.721. The topological polar surface area (TPSA) is 56.4 Å². The summed E-state index contributed by atoms with van der Waals surface area (Å²) in [6.07, 6.45) is 5.75. The van der Waals surface area contributed by atoms with Gasteiger partial charge in [0.1, 0.15) is 5.69 Å². The van der Waals surface area contributed by atoms with E-state index < -0.39 is 0 Å². The summed E-state index contributed by atoms with van der Waals surface area (Å²) in [5, 5.41) is 1.07. The molecule has 2 aromatic rings. The van der Waals surface area contributed by atoms with Crippen molar-refractivity contribution in [1.82, 2.24) is 14.8 Å². The molecule has 2 fully saturated rings. The Bertz CT molecular complexity index is 890. The number of halogens is 2. The van der Waals surface area contributed by atoms with E-state index in [9.17, 15) is 9.59 Å². The minimum absolute atomic E-state index is 0.0173. The largest absolute Gasteiger partial charge is 0.356 e. The Balaban J connectivity index is 1.44. The lowest BCUT2D eigenvalue weighted by atomic mass is 10.0. The number of carbonyl (C=O) groups is 2. The molecule has 1 aromatic heterocycles. The van der Waals surface area contributed by atoms with Crippen molar-refractivity contribution >= 4 is 34.9 Å². The summed E-state index contributed by atoms with van der Waals surface area (Å²) in [7, 11) is 0. The van der Waals surface area contributed by atoms with E-state index in [0.29, 0.717) is 27.8 Å². The Morgan fingerprint density at radius 2 is 1.82 bits per heavy atom. The zero-order valence-corrected chi connectivity index (χ0v) is 17.1. The first-order valence-corrected chi connectivity index (χ1v) is 10.5. The van der Waals surface area contributed by atoms with Gasteiger partial charge >= 0.3 is 0 Å². The summed E-state index contributed by atoms with van der Waals surface area (Å²) < 4.78 is 0. The van der Waals surface area contributed by atoms with E-state index in [-0.39, 0.29) is 17.7 Å². The van der Waals surface area contributed by atoms with E-state index >= 15 is 0 Å². The van der Waals surface area contributed by atoms with Gasteiger partial charge in [-0.2, -0.15) is 0 Å². The van der Waals surface area contributed by atoms with Gasteiger partial charge in [-0.05, 0) is 56.0 Å². The number of hydrogen-bond acceptors (Lipinski definition) is 3. The SMILES string of the molecule is O=C(CN1CCCC1c1ccc(Cl)c(Cl)c1)c1c[nH]c(C(=O)N2CCCC2)c1. The van der Waals surface area contributed by atoms with Gasteiger partial charge in [0.15, 0.2) is 5.78 Å². The molecule has 1 unspecified atom stereocenters. The van der Waals surface area contributed by atoms with Crippen LogP contribution in [0.2, 0.25) is 10.0 Å². The highest BCUT2D eigenvalue weighted by Crippen LogP contribution is 2.35. The Kier molecular flexibility index (Phi) is 5.76. The molecule has 1 N–H and O–H groups in total. The van der Waals surface area contributed by atoms with E-state index in [1.165, 1.54) is 0 Å². The number of hydrogen-bond donors (Lipinski definition) is 1. The first-order chi connectivity index (χ1) is 13.5. The third kappa shape index (κ3) is 3.97. The van der Waals surface area contributed by atoms with Gasteiger partial charge in [-0.25, -0.2) is 0 Å². The second-order valence-electron chi connectivity index (χ2n) is 7.53. The van der Waals surface area contributed by atoms with Gasteiger partial charge in [-0.3, -0.25) is 14.5 Å². The number of aromatic amines is 1. The van der Waals surface area contributed by atoms with Crippen LogP contribution in [0.15, 0.2) is 30.5 Å². The van der Waals surface area contributed by atoms with E-state index in [1.54, 1.807) is 18.3 Å². The maximum atomic E-state index is 12.8. The lowest BCUT2D eigenvalue weighted by molar-refractivity contribution is 0.0787. The van der Waals surface area contributed by atoms with E-state index in [1.807, 2.05) is 17.0 Å². The zero-order valence-electron chi connectivity index (χ0n) is 15.6. The molecule has 2 aliphatic rings. The van der Waals surface area contributed by atoms with Crippen molar-refractivity contribution in [1.29, 1.82) is 0 Å². The molecule has 2 saturated heterocycles. The van der Waals surface area contributed by atoms with Crippen LogP contribution in [0.3, 0.4) is 0 Å². The number of nitrogens with zero attached hydrogens (tertiary/aromatic N) is 2. The average Bonchev–Trinajstić information content (AvgIpc) is 3.45. The number of rotatable bonds is 5. The maximum absolute atomic E-state index is 12.8. The molecule has 0 aliphatic carbocycles. The van der Waals surface area contributed by atoms with E-state index in [0.717, 1.165) is 50.9 Å². The van der Waals surface area contributed by atoms with Crippen LogP contribution < -0.4 is 0 Å². The van der Waals surface area contributed by atoms with Gasteiger partial charge in [0.25, 0.3) is 5.91 Å². The van der Waals surface area contributed by atoms with Crippen LogP contribution in [0.1, 0.15) is 58.1 Å². The van der Waals surface area contributed by atoms with Crippen molar-refractivity contribution in [3.63, 3.8) is 0 Å². The van der Waals surface area contributed by atoms with Crippen molar-refractivity contribution in [3.05, 3.63) is 57.3 Å². The van der Waals surface area contributed by atoms with Crippen LogP contribution in [-0.2, 0) is 0 Å². The van der Waals surface area contributed by atoms with Gasteiger partial charge in [0.05, 0.1) is 16.6 Å². The number of amides is 1. The molecule has 0 spiro atoms. The van der Waals surface area contributed by atoms with Crippen LogP contribution in [0.4, 0.5) is 0 Å². The van der Waals surface area contributed by atoms with Crippen molar-refractivity contribution in [2.24, 2.45) is 0 Å². The molecule has 0 radical (unpaired) electrons. The molecule has 0 bridgehead atoms. The van der Waals surface area contributed by atoms with E-state index in [4.69, 9.17) is 23.2 Å². The lowest BCUT2D eigenvalue weighted by Gasteiger charge is -2.24. The molecule has 0 saturated carbocycles. The molecule has 2 aliphatic heterocycles. The van der Waals surface area contributed by atoms with Crippen LogP contribution in [0.25, 0.3) is 0 Å². The molecule has 1 amide bonds. The van der Waals surface area contributed by atoms with Crippen LogP contribution >= 0.6 is 23.2 Å². The summed E-state index contributed by atoms with van der Waals surface area (Å²) in [6, 6.07) is 7.52. The molecule has 1 aromatic carbocycles. The molecule has 7 heteroatoms. The summed E-state index contributed by atoms with van der Waals surface area (Å²) in [5.74, 6) is -0.00455. The fraction of sp³-hybridized carbons (Fsp3) is 0.429. The third-order valence-electron chi connectivity index (χ3n) is 5.67. The second kappa shape index (κ2) is 8.27. The summed E-state index contributed by atoms with van der Waals surface area (Å²) >= 11 is 12.2. The van der Waals surface area contributed by atoms with Gasteiger partial charge in [-0.15, -0.1) is 0 Å². The number of nitrogens with one attached hydrogen (secondary N) is 1.